The van der Waals surface area contributed by atoms with Crippen molar-refractivity contribution in [2.24, 2.45) is 0 Å². The van der Waals surface area contributed by atoms with Crippen molar-refractivity contribution in [3.8, 4) is 17.0 Å². The molecule has 0 fully saturated rings. The van der Waals surface area contributed by atoms with Crippen LogP contribution in [0.4, 0.5) is 0 Å². The fourth-order valence-corrected chi connectivity index (χ4v) is 2.32. The number of rotatable bonds is 1. The van der Waals surface area contributed by atoms with Gasteiger partial charge in [-0.25, -0.2) is 0 Å². The summed E-state index contributed by atoms with van der Waals surface area (Å²) in [5.41, 5.74) is 2.52. The van der Waals surface area contributed by atoms with Gasteiger partial charge in [-0.05, 0) is 6.07 Å². The van der Waals surface area contributed by atoms with Gasteiger partial charge >= 0.3 is 0 Å². The Hall–Kier alpha value is -2.13. The minimum absolute atomic E-state index is 0.134. The SMILES string of the molecule is Oc1c(-c2ccccc2)[nH]c2ccccc2c1=S. The first-order valence-electron chi connectivity index (χ1n) is 5.67. The Balaban J connectivity index is 2.38. The number of nitrogens with one attached hydrogen (secondary N) is 1. The Morgan fingerprint density at radius 2 is 1.56 bits per heavy atom. The predicted octanol–water partition coefficient (Wildman–Crippen LogP) is 4.27. The van der Waals surface area contributed by atoms with Crippen molar-refractivity contribution in [3.63, 3.8) is 0 Å². The van der Waals surface area contributed by atoms with Gasteiger partial charge in [0.25, 0.3) is 0 Å². The van der Waals surface area contributed by atoms with Gasteiger partial charge < -0.3 is 10.1 Å². The highest BCUT2D eigenvalue weighted by atomic mass is 32.1. The van der Waals surface area contributed by atoms with Crippen molar-refractivity contribution in [2.45, 2.75) is 0 Å². The number of hydrogen-bond acceptors (Lipinski definition) is 2. The lowest BCUT2D eigenvalue weighted by atomic mass is 10.1. The smallest absolute Gasteiger partial charge is 0.158 e. The molecule has 1 heterocycles. The Bertz CT molecular complexity index is 762. The lowest BCUT2D eigenvalue weighted by Crippen LogP contribution is -1.88. The predicted molar refractivity (Wildman–Crippen MR) is 76.2 cm³/mol. The zero-order valence-electron chi connectivity index (χ0n) is 9.55. The summed E-state index contributed by atoms with van der Waals surface area (Å²) in [7, 11) is 0. The number of aromatic nitrogens is 1. The molecule has 1 aromatic heterocycles. The first kappa shape index (κ1) is 11.0. The normalized spacial score (nSPS) is 10.7. The molecule has 0 aliphatic carbocycles. The number of H-pyrrole nitrogens is 1. The van der Waals surface area contributed by atoms with Crippen LogP contribution in [0.2, 0.25) is 0 Å². The van der Waals surface area contributed by atoms with Gasteiger partial charge in [-0.2, -0.15) is 0 Å². The van der Waals surface area contributed by atoms with Crippen molar-refractivity contribution in [1.29, 1.82) is 0 Å². The maximum absolute atomic E-state index is 10.2. The van der Waals surface area contributed by atoms with Crippen LogP contribution < -0.4 is 0 Å². The Kier molecular flexibility index (Phi) is 2.61. The number of pyridine rings is 1. The van der Waals surface area contributed by atoms with Crippen molar-refractivity contribution in [3.05, 3.63) is 59.1 Å². The third-order valence-electron chi connectivity index (χ3n) is 2.95. The number of aromatic amines is 1. The van der Waals surface area contributed by atoms with Crippen molar-refractivity contribution in [2.75, 3.05) is 0 Å². The maximum Gasteiger partial charge on any atom is 0.158 e. The van der Waals surface area contributed by atoms with Crippen molar-refractivity contribution < 1.29 is 5.11 Å². The summed E-state index contributed by atoms with van der Waals surface area (Å²) in [6.07, 6.45) is 0. The Morgan fingerprint density at radius 1 is 0.889 bits per heavy atom. The van der Waals surface area contributed by atoms with E-state index in [2.05, 4.69) is 4.98 Å². The summed E-state index contributed by atoms with van der Waals surface area (Å²) in [6.45, 7) is 0. The van der Waals surface area contributed by atoms with Crippen LogP contribution in [0.25, 0.3) is 22.2 Å². The molecule has 18 heavy (non-hydrogen) atoms. The van der Waals surface area contributed by atoms with E-state index >= 15 is 0 Å². The van der Waals surface area contributed by atoms with E-state index in [0.29, 0.717) is 10.2 Å². The Labute approximate surface area is 110 Å². The quantitative estimate of drug-likeness (QED) is 0.635. The van der Waals surface area contributed by atoms with Crippen molar-refractivity contribution in [1.82, 2.24) is 4.98 Å². The molecule has 0 saturated carbocycles. The van der Waals surface area contributed by atoms with Crippen LogP contribution in [0.1, 0.15) is 0 Å². The number of fused-ring (bicyclic) bond motifs is 1. The standard InChI is InChI=1S/C15H11NOS/c17-14-13(10-6-2-1-3-7-10)16-12-9-5-4-8-11(12)15(14)18/h1-9,17H,(H,16,18). The van der Waals surface area contributed by atoms with Gasteiger partial charge in [0, 0.05) is 16.5 Å². The van der Waals surface area contributed by atoms with Crippen LogP contribution in [0.5, 0.6) is 5.75 Å². The van der Waals surface area contributed by atoms with Gasteiger partial charge in [0.05, 0.1) is 10.2 Å². The summed E-state index contributed by atoms with van der Waals surface area (Å²) in [5, 5.41) is 11.1. The molecule has 3 rings (SSSR count). The molecule has 0 saturated heterocycles. The lowest BCUT2D eigenvalue weighted by Gasteiger charge is -2.08. The van der Waals surface area contributed by atoms with Crippen LogP contribution in [0, 0.1) is 4.51 Å². The lowest BCUT2D eigenvalue weighted by molar-refractivity contribution is 0.474. The van der Waals surface area contributed by atoms with Gasteiger partial charge in [0.15, 0.2) is 5.75 Å². The summed E-state index contributed by atoms with van der Waals surface area (Å²) in [5.74, 6) is 0.134. The molecule has 3 aromatic rings. The summed E-state index contributed by atoms with van der Waals surface area (Å²) < 4.78 is 0.489. The fraction of sp³-hybridized carbons (Fsp3) is 0. The van der Waals surface area contributed by atoms with E-state index in [0.717, 1.165) is 16.5 Å². The third kappa shape index (κ3) is 1.69. The number of para-hydroxylation sites is 1. The van der Waals surface area contributed by atoms with Gasteiger partial charge in [-0.15, -0.1) is 0 Å². The molecular weight excluding hydrogens is 242 g/mol. The molecule has 0 bridgehead atoms. The molecule has 3 heteroatoms. The number of aromatic hydroxyl groups is 1. The average molecular weight is 253 g/mol. The van der Waals surface area contributed by atoms with Crippen LogP contribution >= 0.6 is 12.2 Å². The van der Waals surface area contributed by atoms with E-state index in [1.165, 1.54) is 0 Å². The molecule has 2 nitrogen and oxygen atoms in total. The second kappa shape index (κ2) is 4.27. The summed E-state index contributed by atoms with van der Waals surface area (Å²) >= 11 is 5.31. The van der Waals surface area contributed by atoms with E-state index in [1.807, 2.05) is 54.6 Å². The molecule has 0 aliphatic heterocycles. The van der Waals surface area contributed by atoms with E-state index in [4.69, 9.17) is 12.2 Å². The topological polar surface area (TPSA) is 36.0 Å². The average Bonchev–Trinajstić information content (AvgIpc) is 2.44. The molecule has 0 aliphatic rings. The molecule has 2 N–H and O–H groups in total. The fourth-order valence-electron chi connectivity index (χ4n) is 2.04. The number of hydrogen-bond donors (Lipinski definition) is 2. The molecule has 2 aromatic carbocycles. The molecule has 0 amide bonds. The molecule has 0 atom stereocenters. The maximum atomic E-state index is 10.2. The third-order valence-corrected chi connectivity index (χ3v) is 3.36. The Morgan fingerprint density at radius 3 is 2.33 bits per heavy atom. The van der Waals surface area contributed by atoms with E-state index in [-0.39, 0.29) is 5.75 Å². The second-order valence-electron chi connectivity index (χ2n) is 4.09. The monoisotopic (exact) mass is 253 g/mol. The highest BCUT2D eigenvalue weighted by Gasteiger charge is 2.09. The minimum Gasteiger partial charge on any atom is -0.504 e. The molecule has 88 valence electrons. The first-order chi connectivity index (χ1) is 8.77. The molecular formula is C15H11NOS. The molecule has 0 unspecified atom stereocenters. The van der Waals surface area contributed by atoms with Gasteiger partial charge in [-0.1, -0.05) is 60.7 Å². The largest absolute Gasteiger partial charge is 0.504 e. The number of benzene rings is 2. The van der Waals surface area contributed by atoms with E-state index < -0.39 is 0 Å². The highest BCUT2D eigenvalue weighted by molar-refractivity contribution is 7.71. The van der Waals surface area contributed by atoms with Crippen molar-refractivity contribution >= 4 is 23.1 Å². The van der Waals surface area contributed by atoms with Gasteiger partial charge in [0.1, 0.15) is 0 Å². The van der Waals surface area contributed by atoms with E-state index in [1.54, 1.807) is 0 Å². The molecule has 0 spiro atoms. The highest BCUT2D eigenvalue weighted by Crippen LogP contribution is 2.31. The van der Waals surface area contributed by atoms with Crippen LogP contribution in [0.15, 0.2) is 54.6 Å². The first-order valence-corrected chi connectivity index (χ1v) is 6.07. The molecule has 0 radical (unpaired) electrons. The zero-order valence-corrected chi connectivity index (χ0v) is 10.4. The van der Waals surface area contributed by atoms with Gasteiger partial charge in [-0.3, -0.25) is 0 Å². The van der Waals surface area contributed by atoms with Crippen LogP contribution in [-0.2, 0) is 0 Å². The minimum atomic E-state index is 0.134. The zero-order chi connectivity index (χ0) is 12.5. The summed E-state index contributed by atoms with van der Waals surface area (Å²) in [4.78, 5) is 3.24. The van der Waals surface area contributed by atoms with Gasteiger partial charge in [0.2, 0.25) is 0 Å². The second-order valence-corrected chi connectivity index (χ2v) is 4.50. The van der Waals surface area contributed by atoms with E-state index in [9.17, 15) is 5.11 Å². The van der Waals surface area contributed by atoms with Crippen LogP contribution in [0.3, 0.4) is 0 Å². The summed E-state index contributed by atoms with van der Waals surface area (Å²) in [6, 6.07) is 17.4. The van der Waals surface area contributed by atoms with Crippen LogP contribution in [-0.4, -0.2) is 10.1 Å².